The van der Waals surface area contributed by atoms with Crippen molar-refractivity contribution >= 4 is 5.82 Å². The molecule has 0 amide bonds. The Morgan fingerprint density at radius 1 is 1.33 bits per heavy atom. The minimum absolute atomic E-state index is 0.486. The van der Waals surface area contributed by atoms with E-state index in [-0.39, 0.29) is 0 Å². The number of aromatic nitrogens is 2. The first-order chi connectivity index (χ1) is 8.70. The zero-order chi connectivity index (χ0) is 13.0. The lowest BCUT2D eigenvalue weighted by atomic mass is 10.2. The van der Waals surface area contributed by atoms with Crippen LogP contribution < -0.4 is 10.2 Å². The Labute approximate surface area is 110 Å². The van der Waals surface area contributed by atoms with E-state index < -0.39 is 0 Å². The predicted octanol–water partition coefficient (Wildman–Crippen LogP) is 2.21. The summed E-state index contributed by atoms with van der Waals surface area (Å²) in [4.78, 5) is 11.4. The van der Waals surface area contributed by atoms with Gasteiger partial charge in [-0.2, -0.15) is 0 Å². The van der Waals surface area contributed by atoms with Crippen molar-refractivity contribution < 1.29 is 0 Å². The van der Waals surface area contributed by atoms with Crippen molar-refractivity contribution in [3.8, 4) is 0 Å². The smallest absolute Gasteiger partial charge is 0.147 e. The molecule has 1 saturated carbocycles. The van der Waals surface area contributed by atoms with Crippen LogP contribution in [-0.4, -0.2) is 29.1 Å². The van der Waals surface area contributed by atoms with Gasteiger partial charge in [-0.25, -0.2) is 4.98 Å². The first kappa shape index (κ1) is 13.3. The zero-order valence-electron chi connectivity index (χ0n) is 11.7. The first-order valence-electron chi connectivity index (χ1n) is 6.99. The summed E-state index contributed by atoms with van der Waals surface area (Å²) in [6.07, 6.45) is 6.54. The maximum atomic E-state index is 4.56. The van der Waals surface area contributed by atoms with E-state index in [1.54, 1.807) is 0 Å². The van der Waals surface area contributed by atoms with E-state index in [1.165, 1.54) is 12.8 Å². The topological polar surface area (TPSA) is 41.1 Å². The van der Waals surface area contributed by atoms with Crippen LogP contribution in [-0.2, 0) is 6.54 Å². The van der Waals surface area contributed by atoms with Crippen molar-refractivity contribution in [2.45, 2.75) is 46.2 Å². The predicted molar refractivity (Wildman–Crippen MR) is 74.6 cm³/mol. The normalized spacial score (nSPS) is 15.1. The van der Waals surface area contributed by atoms with Gasteiger partial charge in [0.25, 0.3) is 0 Å². The number of hydrogen-bond acceptors (Lipinski definition) is 4. The molecule has 1 aliphatic carbocycles. The Bertz CT molecular complexity index is 357. The van der Waals surface area contributed by atoms with Crippen LogP contribution in [0.15, 0.2) is 12.4 Å². The quantitative estimate of drug-likeness (QED) is 0.803. The molecule has 0 bridgehead atoms. The van der Waals surface area contributed by atoms with Crippen LogP contribution in [0, 0.1) is 5.92 Å². The third-order valence-electron chi connectivity index (χ3n) is 3.32. The van der Waals surface area contributed by atoms with Crippen molar-refractivity contribution in [2.24, 2.45) is 5.92 Å². The number of nitrogens with one attached hydrogen (secondary N) is 1. The van der Waals surface area contributed by atoms with Gasteiger partial charge in [0.05, 0.1) is 18.1 Å². The average Bonchev–Trinajstić information content (AvgIpc) is 3.18. The average molecular weight is 248 g/mol. The molecule has 0 aliphatic heterocycles. The van der Waals surface area contributed by atoms with Crippen LogP contribution in [0.5, 0.6) is 0 Å². The van der Waals surface area contributed by atoms with E-state index in [9.17, 15) is 0 Å². The summed E-state index contributed by atoms with van der Waals surface area (Å²) in [7, 11) is 0. The molecule has 1 heterocycles. The lowest BCUT2D eigenvalue weighted by Gasteiger charge is -2.27. The van der Waals surface area contributed by atoms with Crippen LogP contribution in [0.25, 0.3) is 0 Å². The van der Waals surface area contributed by atoms with Gasteiger partial charge in [-0.1, -0.05) is 6.92 Å². The largest absolute Gasteiger partial charge is 0.353 e. The molecule has 4 heteroatoms. The number of anilines is 1. The summed E-state index contributed by atoms with van der Waals surface area (Å²) in [6, 6.07) is 0.486. The molecule has 100 valence electrons. The van der Waals surface area contributed by atoms with E-state index in [2.05, 4.69) is 41.0 Å². The first-order valence-corrected chi connectivity index (χ1v) is 6.99. The summed E-state index contributed by atoms with van der Waals surface area (Å²) >= 11 is 0. The highest BCUT2D eigenvalue weighted by Gasteiger charge is 2.26. The zero-order valence-corrected chi connectivity index (χ0v) is 11.7. The van der Waals surface area contributed by atoms with Crippen molar-refractivity contribution in [3.05, 3.63) is 18.1 Å². The molecule has 0 saturated heterocycles. The molecule has 0 unspecified atom stereocenters. The molecule has 4 nitrogen and oxygen atoms in total. The second-order valence-electron chi connectivity index (χ2n) is 5.34. The maximum absolute atomic E-state index is 4.56. The molecule has 0 aromatic carbocycles. The van der Waals surface area contributed by atoms with Gasteiger partial charge in [0.1, 0.15) is 5.82 Å². The second kappa shape index (κ2) is 6.14. The fourth-order valence-electron chi connectivity index (χ4n) is 1.99. The third kappa shape index (κ3) is 3.67. The molecule has 1 aromatic heterocycles. The van der Waals surface area contributed by atoms with Gasteiger partial charge in [0, 0.05) is 19.1 Å². The SMILES string of the molecule is CCNCc1cnc(N(CC2CC2)C(C)C)cn1. The van der Waals surface area contributed by atoms with E-state index in [0.717, 1.165) is 37.1 Å². The summed E-state index contributed by atoms with van der Waals surface area (Å²) in [5.74, 6) is 1.88. The summed E-state index contributed by atoms with van der Waals surface area (Å²) < 4.78 is 0. The van der Waals surface area contributed by atoms with Crippen molar-refractivity contribution in [1.29, 1.82) is 0 Å². The fourth-order valence-corrected chi connectivity index (χ4v) is 1.99. The van der Waals surface area contributed by atoms with E-state index in [0.29, 0.717) is 6.04 Å². The second-order valence-corrected chi connectivity index (χ2v) is 5.34. The highest BCUT2D eigenvalue weighted by Crippen LogP contribution is 2.31. The minimum Gasteiger partial charge on any atom is -0.353 e. The van der Waals surface area contributed by atoms with Crippen LogP contribution in [0.1, 0.15) is 39.3 Å². The highest BCUT2D eigenvalue weighted by atomic mass is 15.2. The molecule has 2 rings (SSSR count). The standard InChI is InChI=1S/C14H24N4/c1-4-15-7-13-8-17-14(9-16-13)18(11(2)3)10-12-5-6-12/h8-9,11-12,15H,4-7,10H2,1-3H3. The van der Waals surface area contributed by atoms with Gasteiger partial charge >= 0.3 is 0 Å². The summed E-state index contributed by atoms with van der Waals surface area (Å²) in [6.45, 7) is 9.42. The lowest BCUT2D eigenvalue weighted by molar-refractivity contribution is 0.632. The summed E-state index contributed by atoms with van der Waals surface area (Å²) in [5.41, 5.74) is 1.01. The van der Waals surface area contributed by atoms with Crippen molar-refractivity contribution in [2.75, 3.05) is 18.0 Å². The molecule has 1 aromatic rings. The Morgan fingerprint density at radius 3 is 2.61 bits per heavy atom. The van der Waals surface area contributed by atoms with Gasteiger partial charge in [0.15, 0.2) is 0 Å². The third-order valence-corrected chi connectivity index (χ3v) is 3.32. The van der Waals surface area contributed by atoms with Crippen molar-refractivity contribution in [1.82, 2.24) is 15.3 Å². The number of nitrogens with zero attached hydrogens (tertiary/aromatic N) is 3. The highest BCUT2D eigenvalue weighted by molar-refractivity contribution is 5.37. The number of rotatable bonds is 7. The molecule has 0 atom stereocenters. The molecule has 0 radical (unpaired) electrons. The van der Waals surface area contributed by atoms with Crippen LogP contribution in [0.2, 0.25) is 0 Å². The Kier molecular flexibility index (Phi) is 4.53. The fraction of sp³-hybridized carbons (Fsp3) is 0.714. The Hall–Kier alpha value is -1.16. The Balaban J connectivity index is 2.00. The molecule has 18 heavy (non-hydrogen) atoms. The van der Waals surface area contributed by atoms with Gasteiger partial charge < -0.3 is 10.2 Å². The van der Waals surface area contributed by atoms with E-state index in [1.807, 2.05) is 12.4 Å². The van der Waals surface area contributed by atoms with Crippen LogP contribution in [0.4, 0.5) is 5.82 Å². The van der Waals surface area contributed by atoms with Gasteiger partial charge in [-0.15, -0.1) is 0 Å². The summed E-state index contributed by atoms with van der Waals surface area (Å²) in [5, 5.41) is 3.26. The van der Waals surface area contributed by atoms with Gasteiger partial charge in [-0.3, -0.25) is 4.98 Å². The number of hydrogen-bond donors (Lipinski definition) is 1. The Morgan fingerprint density at radius 2 is 2.11 bits per heavy atom. The monoisotopic (exact) mass is 248 g/mol. The lowest BCUT2D eigenvalue weighted by Crippen LogP contribution is -2.33. The van der Waals surface area contributed by atoms with Crippen molar-refractivity contribution in [3.63, 3.8) is 0 Å². The van der Waals surface area contributed by atoms with Crippen LogP contribution in [0.3, 0.4) is 0 Å². The molecule has 1 fully saturated rings. The minimum atomic E-state index is 0.486. The van der Waals surface area contributed by atoms with Gasteiger partial charge in [-0.05, 0) is 39.2 Å². The molecular weight excluding hydrogens is 224 g/mol. The maximum Gasteiger partial charge on any atom is 0.147 e. The molecule has 1 N–H and O–H groups in total. The van der Waals surface area contributed by atoms with E-state index in [4.69, 9.17) is 0 Å². The molecular formula is C14H24N4. The van der Waals surface area contributed by atoms with Gasteiger partial charge in [0.2, 0.25) is 0 Å². The molecule has 1 aliphatic rings. The molecule has 0 spiro atoms. The van der Waals surface area contributed by atoms with Crippen LogP contribution >= 0.6 is 0 Å². The van der Waals surface area contributed by atoms with E-state index >= 15 is 0 Å².